The Morgan fingerprint density at radius 1 is 1.33 bits per heavy atom. The van der Waals surface area contributed by atoms with Crippen LogP contribution in [0.5, 0.6) is 0 Å². The molecule has 4 nitrogen and oxygen atoms in total. The first kappa shape index (κ1) is 12.6. The minimum atomic E-state index is -0.423. The van der Waals surface area contributed by atoms with Gasteiger partial charge in [0.2, 0.25) is 0 Å². The van der Waals surface area contributed by atoms with Crippen LogP contribution in [-0.4, -0.2) is 22.8 Å². The lowest BCUT2D eigenvalue weighted by molar-refractivity contribution is -0.0794. The summed E-state index contributed by atoms with van der Waals surface area (Å²) in [6, 6.07) is 0. The lowest BCUT2D eigenvalue weighted by Gasteiger charge is -2.68. The van der Waals surface area contributed by atoms with Crippen molar-refractivity contribution in [1.29, 1.82) is 0 Å². The van der Waals surface area contributed by atoms with E-state index in [2.05, 4.69) is 5.32 Å². The van der Waals surface area contributed by atoms with E-state index < -0.39 is 5.60 Å². The molecule has 5 heteroatoms. The van der Waals surface area contributed by atoms with E-state index in [1.165, 1.54) is 0 Å². The van der Waals surface area contributed by atoms with Gasteiger partial charge in [-0.25, -0.2) is 4.79 Å². The van der Waals surface area contributed by atoms with Crippen molar-refractivity contribution in [2.75, 3.05) is 0 Å². The fourth-order valence-corrected chi connectivity index (χ4v) is 2.52. The van der Waals surface area contributed by atoms with Gasteiger partial charge in [-0.05, 0) is 40.0 Å². The Balaban J connectivity index is 0.00000112. The normalized spacial score (nSPS) is 36.8. The van der Waals surface area contributed by atoms with Crippen LogP contribution in [0, 0.1) is 0 Å². The van der Waals surface area contributed by atoms with Crippen molar-refractivity contribution >= 4 is 18.5 Å². The zero-order chi connectivity index (χ0) is 10.6. The maximum atomic E-state index is 11.4. The van der Waals surface area contributed by atoms with Crippen LogP contribution in [0.25, 0.3) is 0 Å². The van der Waals surface area contributed by atoms with E-state index in [-0.39, 0.29) is 29.6 Å². The maximum Gasteiger partial charge on any atom is 0.408 e. The number of carbonyl (C=O) groups is 1. The molecule has 0 aromatic rings. The highest BCUT2D eigenvalue weighted by atomic mass is 35.5. The van der Waals surface area contributed by atoms with Crippen LogP contribution >= 0.6 is 12.4 Å². The predicted molar refractivity (Wildman–Crippen MR) is 60.1 cm³/mol. The summed E-state index contributed by atoms with van der Waals surface area (Å²) < 4.78 is 5.18. The molecule has 0 radical (unpaired) electrons. The fourth-order valence-electron chi connectivity index (χ4n) is 2.52. The molecule has 15 heavy (non-hydrogen) atoms. The zero-order valence-electron chi connectivity index (χ0n) is 9.42. The van der Waals surface area contributed by atoms with Crippen molar-refractivity contribution in [1.82, 2.24) is 5.32 Å². The van der Waals surface area contributed by atoms with Gasteiger partial charge < -0.3 is 15.8 Å². The van der Waals surface area contributed by atoms with Crippen LogP contribution in [0.15, 0.2) is 0 Å². The Bertz CT molecular complexity index is 266. The molecule has 2 bridgehead atoms. The molecule has 0 spiro atoms. The molecule has 3 saturated carbocycles. The highest BCUT2D eigenvalue weighted by Crippen LogP contribution is 2.58. The molecular weight excluding hydrogens is 216 g/mol. The number of rotatable bonds is 1. The second-order valence-electron chi connectivity index (χ2n) is 5.80. The van der Waals surface area contributed by atoms with Gasteiger partial charge in [0.15, 0.2) is 0 Å². The Morgan fingerprint density at radius 2 is 1.80 bits per heavy atom. The minimum Gasteiger partial charge on any atom is -0.444 e. The lowest BCUT2D eigenvalue weighted by atomic mass is 9.45. The number of carbonyl (C=O) groups excluding carboxylic acids is 1. The largest absolute Gasteiger partial charge is 0.444 e. The standard InChI is InChI=1S/C10H18N2O2.ClH/c1-8(2,3)14-7(13)12-10-4-9(11,5-10)6-10;/h4-6,11H2,1-3H3,(H,12,13);1H. The molecule has 0 aliphatic heterocycles. The molecule has 0 aromatic heterocycles. The Hall–Kier alpha value is -0.480. The third-order valence-electron chi connectivity index (χ3n) is 2.84. The van der Waals surface area contributed by atoms with Crippen LogP contribution in [0.4, 0.5) is 4.79 Å². The third-order valence-corrected chi connectivity index (χ3v) is 2.84. The second kappa shape index (κ2) is 3.25. The number of ether oxygens (including phenoxy) is 1. The van der Waals surface area contributed by atoms with Gasteiger partial charge in [-0.3, -0.25) is 0 Å². The van der Waals surface area contributed by atoms with Gasteiger partial charge >= 0.3 is 6.09 Å². The van der Waals surface area contributed by atoms with Gasteiger partial charge in [0.25, 0.3) is 0 Å². The summed E-state index contributed by atoms with van der Waals surface area (Å²) in [4.78, 5) is 11.4. The Labute approximate surface area is 96.3 Å². The van der Waals surface area contributed by atoms with Gasteiger partial charge in [0, 0.05) is 11.1 Å². The summed E-state index contributed by atoms with van der Waals surface area (Å²) in [6.45, 7) is 5.58. The molecule has 0 heterocycles. The number of hydrogen-bond donors (Lipinski definition) is 2. The van der Waals surface area contributed by atoms with Crippen molar-refractivity contribution < 1.29 is 9.53 Å². The van der Waals surface area contributed by atoms with Crippen molar-refractivity contribution in [3.05, 3.63) is 0 Å². The molecule has 1 amide bonds. The maximum absolute atomic E-state index is 11.4. The first-order chi connectivity index (χ1) is 6.22. The van der Waals surface area contributed by atoms with E-state index >= 15 is 0 Å². The third kappa shape index (κ3) is 2.37. The summed E-state index contributed by atoms with van der Waals surface area (Å²) in [5, 5.41) is 2.90. The molecule has 0 aromatic carbocycles. The smallest absolute Gasteiger partial charge is 0.408 e. The number of halogens is 1. The number of nitrogens with one attached hydrogen (secondary N) is 1. The molecule has 3 rings (SSSR count). The summed E-state index contributed by atoms with van der Waals surface area (Å²) in [5.41, 5.74) is 5.45. The Morgan fingerprint density at radius 3 is 2.13 bits per heavy atom. The number of amides is 1. The van der Waals surface area contributed by atoms with Crippen LogP contribution in [-0.2, 0) is 4.74 Å². The van der Waals surface area contributed by atoms with E-state index in [4.69, 9.17) is 10.5 Å². The molecule has 0 unspecified atom stereocenters. The zero-order valence-corrected chi connectivity index (χ0v) is 10.2. The van der Waals surface area contributed by atoms with Crippen molar-refractivity contribution in [2.45, 2.75) is 56.7 Å². The van der Waals surface area contributed by atoms with E-state index in [0.717, 1.165) is 19.3 Å². The van der Waals surface area contributed by atoms with Crippen LogP contribution in [0.3, 0.4) is 0 Å². The van der Waals surface area contributed by atoms with Crippen molar-refractivity contribution in [3.63, 3.8) is 0 Å². The molecule has 0 atom stereocenters. The molecule has 88 valence electrons. The second-order valence-corrected chi connectivity index (χ2v) is 5.80. The van der Waals surface area contributed by atoms with Crippen LogP contribution < -0.4 is 11.1 Å². The minimum absolute atomic E-state index is 0. The summed E-state index contributed by atoms with van der Waals surface area (Å²) in [6.07, 6.45) is 2.39. The molecule has 3 fully saturated rings. The molecule has 0 saturated heterocycles. The van der Waals surface area contributed by atoms with E-state index in [9.17, 15) is 4.79 Å². The Kier molecular flexibility index (Phi) is 2.73. The number of hydrogen-bond acceptors (Lipinski definition) is 3. The predicted octanol–water partition coefficient (Wildman–Crippen LogP) is 1.57. The van der Waals surface area contributed by atoms with Crippen LogP contribution in [0.1, 0.15) is 40.0 Å². The number of nitrogens with two attached hydrogens (primary N) is 1. The van der Waals surface area contributed by atoms with E-state index in [1.807, 2.05) is 20.8 Å². The molecule has 3 aliphatic carbocycles. The van der Waals surface area contributed by atoms with Crippen LogP contribution in [0.2, 0.25) is 0 Å². The average molecular weight is 235 g/mol. The van der Waals surface area contributed by atoms with E-state index in [1.54, 1.807) is 0 Å². The van der Waals surface area contributed by atoms with E-state index in [0.29, 0.717) is 0 Å². The summed E-state index contributed by atoms with van der Waals surface area (Å²) in [5.74, 6) is 0. The SMILES string of the molecule is CC(C)(C)OC(=O)NC12CC(N)(C1)C2.Cl. The highest BCUT2D eigenvalue weighted by molar-refractivity contribution is 5.85. The fraction of sp³-hybridized carbons (Fsp3) is 0.900. The van der Waals surface area contributed by atoms with Gasteiger partial charge in [0.05, 0.1) is 0 Å². The van der Waals surface area contributed by atoms with Crippen molar-refractivity contribution in [3.8, 4) is 0 Å². The van der Waals surface area contributed by atoms with Crippen molar-refractivity contribution in [2.24, 2.45) is 5.73 Å². The number of alkyl carbamates (subject to hydrolysis) is 1. The van der Waals surface area contributed by atoms with Gasteiger partial charge in [0.1, 0.15) is 5.60 Å². The van der Waals surface area contributed by atoms with Gasteiger partial charge in [-0.15, -0.1) is 12.4 Å². The first-order valence-corrected chi connectivity index (χ1v) is 5.02. The monoisotopic (exact) mass is 234 g/mol. The topological polar surface area (TPSA) is 64.3 Å². The summed E-state index contributed by atoms with van der Waals surface area (Å²) >= 11 is 0. The lowest BCUT2D eigenvalue weighted by Crippen LogP contribution is -2.82. The average Bonchev–Trinajstić information content (AvgIpc) is 1.76. The molecular formula is C10H19ClN2O2. The molecule has 3 N–H and O–H groups in total. The van der Waals surface area contributed by atoms with Gasteiger partial charge in [-0.1, -0.05) is 0 Å². The first-order valence-electron chi connectivity index (χ1n) is 5.02. The van der Waals surface area contributed by atoms with Gasteiger partial charge in [-0.2, -0.15) is 0 Å². The summed E-state index contributed by atoms with van der Waals surface area (Å²) in [7, 11) is 0. The highest BCUT2D eigenvalue weighted by Gasteiger charge is 2.66. The quantitative estimate of drug-likeness (QED) is 0.724. The molecule has 3 aliphatic rings.